The highest BCUT2D eigenvalue weighted by Gasteiger charge is 2.48. The van der Waals surface area contributed by atoms with Gasteiger partial charge in [0.1, 0.15) is 0 Å². The zero-order chi connectivity index (χ0) is 14.7. The van der Waals surface area contributed by atoms with E-state index in [4.69, 9.17) is 4.74 Å². The normalized spacial score (nSPS) is 21.2. The maximum Gasteiger partial charge on any atom is 0.0983 e. The molecule has 2 saturated carbocycles. The molecule has 1 aromatic carbocycles. The van der Waals surface area contributed by atoms with Gasteiger partial charge in [-0.2, -0.15) is 0 Å². The minimum atomic E-state index is -0.0146. The van der Waals surface area contributed by atoms with Gasteiger partial charge in [0.25, 0.3) is 0 Å². The van der Waals surface area contributed by atoms with E-state index in [0.717, 1.165) is 18.3 Å². The van der Waals surface area contributed by atoms with Crippen molar-refractivity contribution in [3.8, 4) is 0 Å². The summed E-state index contributed by atoms with van der Waals surface area (Å²) in [5.74, 6) is 1.44. The molecule has 0 heterocycles. The first-order chi connectivity index (χ1) is 10.3. The number of aryl methyl sites for hydroxylation is 1. The van der Waals surface area contributed by atoms with Crippen LogP contribution in [0.5, 0.6) is 0 Å². The summed E-state index contributed by atoms with van der Waals surface area (Å²) in [4.78, 5) is 0. The topological polar surface area (TPSA) is 9.23 Å². The third-order valence-electron chi connectivity index (χ3n) is 6.07. The Kier molecular flexibility index (Phi) is 4.69. The minimum Gasteiger partial charge on any atom is -0.373 e. The maximum absolute atomic E-state index is 6.37. The van der Waals surface area contributed by atoms with Gasteiger partial charge in [-0.15, -0.1) is 0 Å². The number of hydrogen-bond donors (Lipinski definition) is 0. The summed E-state index contributed by atoms with van der Waals surface area (Å²) in [5, 5.41) is 0. The quantitative estimate of drug-likeness (QED) is 0.697. The molecular weight excluding hydrogens is 256 g/mol. The number of hydrogen-bond acceptors (Lipinski definition) is 1. The number of methoxy groups -OCH3 is 1. The summed E-state index contributed by atoms with van der Waals surface area (Å²) in [6.07, 6.45) is 12.0. The molecule has 0 amide bonds. The molecule has 0 saturated heterocycles. The Morgan fingerprint density at radius 1 is 0.905 bits per heavy atom. The molecule has 116 valence electrons. The Morgan fingerprint density at radius 3 is 1.76 bits per heavy atom. The Hall–Kier alpha value is -0.820. The monoisotopic (exact) mass is 286 g/mol. The van der Waals surface area contributed by atoms with E-state index >= 15 is 0 Å². The lowest BCUT2D eigenvalue weighted by molar-refractivity contribution is -0.107. The summed E-state index contributed by atoms with van der Waals surface area (Å²) in [6.45, 7) is 2.23. The van der Waals surface area contributed by atoms with Crippen molar-refractivity contribution >= 4 is 0 Å². The van der Waals surface area contributed by atoms with Crippen molar-refractivity contribution < 1.29 is 4.74 Å². The van der Waals surface area contributed by atoms with Crippen molar-refractivity contribution in [2.24, 2.45) is 11.8 Å². The van der Waals surface area contributed by atoms with E-state index in [0.29, 0.717) is 0 Å². The number of ether oxygens (including phenoxy) is 1. The van der Waals surface area contributed by atoms with Gasteiger partial charge in [-0.05, 0) is 55.1 Å². The van der Waals surface area contributed by atoms with Gasteiger partial charge in [0.2, 0.25) is 0 Å². The van der Waals surface area contributed by atoms with Crippen LogP contribution >= 0.6 is 0 Å². The summed E-state index contributed by atoms with van der Waals surface area (Å²) in [6, 6.07) is 9.35. The van der Waals surface area contributed by atoms with Crippen LogP contribution in [-0.4, -0.2) is 7.11 Å². The summed E-state index contributed by atoms with van der Waals surface area (Å²) >= 11 is 0. The molecule has 0 bridgehead atoms. The van der Waals surface area contributed by atoms with Gasteiger partial charge in [0.05, 0.1) is 5.60 Å². The molecule has 0 radical (unpaired) electrons. The molecule has 0 aliphatic heterocycles. The van der Waals surface area contributed by atoms with Crippen molar-refractivity contribution in [2.75, 3.05) is 7.11 Å². The first-order valence-corrected chi connectivity index (χ1v) is 8.95. The molecular formula is C20H30O. The lowest BCUT2D eigenvalue weighted by Crippen LogP contribution is -2.42. The molecule has 0 aromatic heterocycles. The molecule has 2 aliphatic carbocycles. The van der Waals surface area contributed by atoms with Crippen LogP contribution in [0.4, 0.5) is 0 Å². The van der Waals surface area contributed by atoms with E-state index in [1.165, 1.54) is 62.5 Å². The van der Waals surface area contributed by atoms with Crippen molar-refractivity contribution in [3.63, 3.8) is 0 Å². The molecule has 1 aromatic rings. The molecule has 0 atom stereocenters. The third kappa shape index (κ3) is 2.65. The standard InChI is InChI=1S/C20H30O/c1-3-16-12-14-19(15-13-16)20(21-2,17-8-4-5-9-17)18-10-6-7-11-18/h12-15,17-18H,3-11H2,1-2H3. The van der Waals surface area contributed by atoms with E-state index in [-0.39, 0.29) is 5.60 Å². The molecule has 0 spiro atoms. The summed E-state index contributed by atoms with van der Waals surface area (Å²) in [7, 11) is 1.96. The lowest BCUT2D eigenvalue weighted by Gasteiger charge is -2.43. The summed E-state index contributed by atoms with van der Waals surface area (Å²) < 4.78 is 6.37. The first kappa shape index (κ1) is 15.1. The van der Waals surface area contributed by atoms with E-state index in [1.807, 2.05) is 7.11 Å². The van der Waals surface area contributed by atoms with Crippen LogP contribution in [0, 0.1) is 11.8 Å². The fourth-order valence-corrected chi connectivity index (χ4v) is 4.97. The largest absolute Gasteiger partial charge is 0.373 e. The van der Waals surface area contributed by atoms with Crippen molar-refractivity contribution in [2.45, 2.75) is 70.3 Å². The van der Waals surface area contributed by atoms with Crippen molar-refractivity contribution in [1.82, 2.24) is 0 Å². The van der Waals surface area contributed by atoms with Gasteiger partial charge in [0, 0.05) is 7.11 Å². The highest BCUT2D eigenvalue weighted by Crippen LogP contribution is 2.52. The van der Waals surface area contributed by atoms with Crippen LogP contribution in [0.2, 0.25) is 0 Å². The van der Waals surface area contributed by atoms with Gasteiger partial charge >= 0.3 is 0 Å². The van der Waals surface area contributed by atoms with E-state index < -0.39 is 0 Å². The van der Waals surface area contributed by atoms with Gasteiger partial charge in [0.15, 0.2) is 0 Å². The lowest BCUT2D eigenvalue weighted by atomic mass is 9.70. The molecule has 0 N–H and O–H groups in total. The van der Waals surface area contributed by atoms with Gasteiger partial charge in [-0.25, -0.2) is 0 Å². The Labute approximate surface area is 130 Å². The maximum atomic E-state index is 6.37. The predicted octanol–water partition coefficient (Wildman–Crippen LogP) is 5.47. The molecule has 21 heavy (non-hydrogen) atoms. The molecule has 3 rings (SSSR count). The molecule has 0 unspecified atom stereocenters. The third-order valence-corrected chi connectivity index (χ3v) is 6.07. The van der Waals surface area contributed by atoms with Crippen molar-refractivity contribution in [1.29, 1.82) is 0 Å². The smallest absolute Gasteiger partial charge is 0.0983 e. The molecule has 1 nitrogen and oxygen atoms in total. The van der Waals surface area contributed by atoms with Gasteiger partial charge in [-0.3, -0.25) is 0 Å². The Morgan fingerprint density at radius 2 is 1.38 bits per heavy atom. The Balaban J connectivity index is 1.99. The van der Waals surface area contributed by atoms with Crippen LogP contribution in [-0.2, 0) is 16.8 Å². The van der Waals surface area contributed by atoms with E-state index in [1.54, 1.807) is 0 Å². The van der Waals surface area contributed by atoms with E-state index in [9.17, 15) is 0 Å². The molecule has 1 heteroatoms. The summed E-state index contributed by atoms with van der Waals surface area (Å²) in [5.41, 5.74) is 2.86. The van der Waals surface area contributed by atoms with Crippen molar-refractivity contribution in [3.05, 3.63) is 35.4 Å². The Bertz CT molecular complexity index is 419. The van der Waals surface area contributed by atoms with Crippen LogP contribution in [0.15, 0.2) is 24.3 Å². The number of rotatable bonds is 5. The minimum absolute atomic E-state index is 0.0146. The second-order valence-corrected chi connectivity index (χ2v) is 7.01. The predicted molar refractivity (Wildman–Crippen MR) is 88.4 cm³/mol. The zero-order valence-corrected chi connectivity index (χ0v) is 13.7. The SMILES string of the molecule is CCc1ccc(C(OC)(C2CCCC2)C2CCCC2)cc1. The molecule has 2 fully saturated rings. The highest BCUT2D eigenvalue weighted by molar-refractivity contribution is 5.30. The molecule has 2 aliphatic rings. The fraction of sp³-hybridized carbons (Fsp3) is 0.700. The second kappa shape index (κ2) is 6.52. The van der Waals surface area contributed by atoms with Crippen LogP contribution in [0.3, 0.4) is 0 Å². The fourth-order valence-electron chi connectivity index (χ4n) is 4.97. The van der Waals surface area contributed by atoms with E-state index in [2.05, 4.69) is 31.2 Å². The first-order valence-electron chi connectivity index (χ1n) is 8.95. The average molecular weight is 286 g/mol. The van der Waals surface area contributed by atoms with Crippen LogP contribution < -0.4 is 0 Å². The highest BCUT2D eigenvalue weighted by atomic mass is 16.5. The van der Waals surface area contributed by atoms with Gasteiger partial charge in [-0.1, -0.05) is 56.9 Å². The zero-order valence-electron chi connectivity index (χ0n) is 13.7. The van der Waals surface area contributed by atoms with Crippen LogP contribution in [0.1, 0.15) is 69.4 Å². The second-order valence-electron chi connectivity index (χ2n) is 7.01. The average Bonchev–Trinajstić information content (AvgIpc) is 3.23. The number of benzene rings is 1. The van der Waals surface area contributed by atoms with Gasteiger partial charge < -0.3 is 4.74 Å². The van der Waals surface area contributed by atoms with Crippen LogP contribution in [0.25, 0.3) is 0 Å².